The molecule has 27 heavy (non-hydrogen) atoms. The third kappa shape index (κ3) is 3.29. The molecule has 1 amide bonds. The highest BCUT2D eigenvalue weighted by Gasteiger charge is 2.34. The Kier molecular flexibility index (Phi) is 4.60. The highest BCUT2D eigenvalue weighted by atomic mass is 16.6. The van der Waals surface area contributed by atoms with E-state index < -0.39 is 18.0 Å². The molecule has 1 aliphatic carbocycles. The molecule has 2 unspecified atom stereocenters. The van der Waals surface area contributed by atoms with Crippen LogP contribution in [0.4, 0.5) is 4.79 Å². The van der Waals surface area contributed by atoms with E-state index in [9.17, 15) is 14.7 Å². The van der Waals surface area contributed by atoms with E-state index in [1.165, 1.54) is 22.3 Å². The number of piperidine rings is 1. The van der Waals surface area contributed by atoms with Gasteiger partial charge in [-0.15, -0.1) is 0 Å². The van der Waals surface area contributed by atoms with Crippen LogP contribution in [0.3, 0.4) is 0 Å². The number of benzene rings is 2. The van der Waals surface area contributed by atoms with Gasteiger partial charge in [-0.05, 0) is 34.6 Å². The van der Waals surface area contributed by atoms with Crippen LogP contribution in [-0.2, 0) is 9.53 Å². The average molecular weight is 365 g/mol. The highest BCUT2D eigenvalue weighted by molar-refractivity contribution is 5.79. The maximum atomic E-state index is 12.6. The molecule has 5 nitrogen and oxygen atoms in total. The monoisotopic (exact) mass is 365 g/mol. The molecule has 1 aliphatic heterocycles. The van der Waals surface area contributed by atoms with Crippen molar-refractivity contribution in [3.63, 3.8) is 0 Å². The van der Waals surface area contributed by atoms with Gasteiger partial charge in [-0.3, -0.25) is 4.79 Å². The average Bonchev–Trinajstić information content (AvgIpc) is 2.99. The van der Waals surface area contributed by atoms with Crippen LogP contribution in [0.5, 0.6) is 0 Å². The molecule has 1 saturated heterocycles. The standard InChI is InChI=1S/C22H23NO4/c1-14-10-15(21(24)25)12-23(11-14)22(26)27-13-20-18-8-4-2-6-16(18)17-7-3-5-9-19(17)20/h2-9,14-15,20H,10-13H2,1H3,(H,24,25). The second-order valence-electron chi connectivity index (χ2n) is 7.59. The predicted molar refractivity (Wildman–Crippen MR) is 102 cm³/mol. The molecule has 0 saturated carbocycles. The first-order valence-electron chi connectivity index (χ1n) is 9.37. The molecule has 0 radical (unpaired) electrons. The Balaban J connectivity index is 1.49. The van der Waals surface area contributed by atoms with Crippen molar-refractivity contribution in [2.75, 3.05) is 19.7 Å². The molecule has 0 spiro atoms. The Morgan fingerprint density at radius 3 is 2.22 bits per heavy atom. The fraction of sp³-hybridized carbons (Fsp3) is 0.364. The first-order chi connectivity index (χ1) is 13.0. The topological polar surface area (TPSA) is 66.8 Å². The van der Waals surface area contributed by atoms with Gasteiger partial charge in [0.25, 0.3) is 0 Å². The smallest absolute Gasteiger partial charge is 0.409 e. The van der Waals surface area contributed by atoms with Crippen LogP contribution in [0.25, 0.3) is 11.1 Å². The summed E-state index contributed by atoms with van der Waals surface area (Å²) in [5.41, 5.74) is 4.71. The molecule has 140 valence electrons. The maximum absolute atomic E-state index is 12.6. The number of fused-ring (bicyclic) bond motifs is 3. The van der Waals surface area contributed by atoms with Gasteiger partial charge < -0.3 is 14.7 Å². The lowest BCUT2D eigenvalue weighted by molar-refractivity contribution is -0.144. The van der Waals surface area contributed by atoms with Gasteiger partial charge in [-0.25, -0.2) is 4.79 Å². The Hall–Kier alpha value is -2.82. The van der Waals surface area contributed by atoms with Crippen LogP contribution >= 0.6 is 0 Å². The molecule has 2 aromatic rings. The fourth-order valence-electron chi connectivity index (χ4n) is 4.36. The van der Waals surface area contributed by atoms with Crippen LogP contribution in [0.2, 0.25) is 0 Å². The molecule has 1 heterocycles. The predicted octanol–water partition coefficient (Wildman–Crippen LogP) is 3.98. The quantitative estimate of drug-likeness (QED) is 0.893. The third-order valence-corrected chi connectivity index (χ3v) is 5.60. The SMILES string of the molecule is CC1CC(C(=O)O)CN(C(=O)OCC2c3ccccc3-c3ccccc32)C1. The Morgan fingerprint density at radius 2 is 1.63 bits per heavy atom. The molecule has 5 heteroatoms. The summed E-state index contributed by atoms with van der Waals surface area (Å²) in [6, 6.07) is 16.4. The van der Waals surface area contributed by atoms with E-state index in [4.69, 9.17) is 4.74 Å². The second kappa shape index (κ2) is 7.06. The number of nitrogens with zero attached hydrogens (tertiary/aromatic N) is 1. The lowest BCUT2D eigenvalue weighted by atomic mass is 9.91. The van der Waals surface area contributed by atoms with Crippen molar-refractivity contribution in [1.29, 1.82) is 0 Å². The van der Waals surface area contributed by atoms with Gasteiger partial charge in [-0.1, -0.05) is 55.5 Å². The van der Waals surface area contributed by atoms with E-state index in [1.54, 1.807) is 4.90 Å². The van der Waals surface area contributed by atoms with Crippen LogP contribution < -0.4 is 0 Å². The van der Waals surface area contributed by atoms with Gasteiger partial charge in [0, 0.05) is 19.0 Å². The van der Waals surface area contributed by atoms with Crippen LogP contribution in [0.1, 0.15) is 30.4 Å². The third-order valence-electron chi connectivity index (χ3n) is 5.60. The summed E-state index contributed by atoms with van der Waals surface area (Å²) in [5.74, 6) is -1.20. The van der Waals surface area contributed by atoms with Crippen molar-refractivity contribution in [2.24, 2.45) is 11.8 Å². The number of carboxylic acids is 1. The van der Waals surface area contributed by atoms with Gasteiger partial charge in [0.15, 0.2) is 0 Å². The zero-order chi connectivity index (χ0) is 19.0. The van der Waals surface area contributed by atoms with Crippen LogP contribution in [0, 0.1) is 11.8 Å². The Labute approximate surface area is 158 Å². The van der Waals surface area contributed by atoms with Crippen molar-refractivity contribution in [3.05, 3.63) is 59.7 Å². The zero-order valence-corrected chi connectivity index (χ0v) is 15.3. The number of hydrogen-bond donors (Lipinski definition) is 1. The molecule has 2 aromatic carbocycles. The van der Waals surface area contributed by atoms with E-state index in [2.05, 4.69) is 24.3 Å². The molecular weight excluding hydrogens is 342 g/mol. The molecule has 0 aromatic heterocycles. The Morgan fingerprint density at radius 1 is 1.04 bits per heavy atom. The summed E-state index contributed by atoms with van der Waals surface area (Å²) < 4.78 is 5.65. The lowest BCUT2D eigenvalue weighted by Gasteiger charge is -2.34. The minimum Gasteiger partial charge on any atom is -0.481 e. The summed E-state index contributed by atoms with van der Waals surface area (Å²) >= 11 is 0. The second-order valence-corrected chi connectivity index (χ2v) is 7.59. The number of rotatable bonds is 3. The van der Waals surface area contributed by atoms with Crippen LogP contribution in [0.15, 0.2) is 48.5 Å². The van der Waals surface area contributed by atoms with E-state index in [0.717, 1.165) is 0 Å². The van der Waals surface area contributed by atoms with Gasteiger partial charge in [-0.2, -0.15) is 0 Å². The molecular formula is C22H23NO4. The summed E-state index contributed by atoms with van der Waals surface area (Å²) in [5, 5.41) is 9.30. The Bertz CT molecular complexity index is 833. The molecule has 2 aliphatic rings. The van der Waals surface area contributed by atoms with Crippen LogP contribution in [-0.4, -0.2) is 41.8 Å². The van der Waals surface area contributed by atoms with E-state index in [1.807, 2.05) is 31.2 Å². The minimum atomic E-state index is -0.849. The number of amides is 1. The van der Waals surface area contributed by atoms with Gasteiger partial charge in [0.05, 0.1) is 5.92 Å². The molecule has 1 N–H and O–H groups in total. The normalized spacial score (nSPS) is 21.4. The van der Waals surface area contributed by atoms with Crippen molar-refractivity contribution in [1.82, 2.24) is 4.90 Å². The zero-order valence-electron chi connectivity index (χ0n) is 15.3. The number of ether oxygens (including phenoxy) is 1. The number of carbonyl (C=O) groups excluding carboxylic acids is 1. The first kappa shape index (κ1) is 17.6. The van der Waals surface area contributed by atoms with Crippen molar-refractivity contribution >= 4 is 12.1 Å². The summed E-state index contributed by atoms with van der Waals surface area (Å²) in [7, 11) is 0. The van der Waals surface area contributed by atoms with Crippen molar-refractivity contribution in [2.45, 2.75) is 19.3 Å². The highest BCUT2D eigenvalue weighted by Crippen LogP contribution is 2.44. The first-order valence-corrected chi connectivity index (χ1v) is 9.37. The van der Waals surface area contributed by atoms with E-state index in [0.29, 0.717) is 13.0 Å². The molecule has 4 rings (SSSR count). The van der Waals surface area contributed by atoms with Crippen molar-refractivity contribution in [3.8, 4) is 11.1 Å². The largest absolute Gasteiger partial charge is 0.481 e. The number of carbonyl (C=O) groups is 2. The summed E-state index contributed by atoms with van der Waals surface area (Å²) in [4.78, 5) is 25.5. The minimum absolute atomic E-state index is 0.0128. The summed E-state index contributed by atoms with van der Waals surface area (Å²) in [6.45, 7) is 2.99. The molecule has 0 bridgehead atoms. The van der Waals surface area contributed by atoms with Gasteiger partial charge in [0.2, 0.25) is 0 Å². The van der Waals surface area contributed by atoms with Gasteiger partial charge in [0.1, 0.15) is 6.61 Å². The van der Waals surface area contributed by atoms with Crippen molar-refractivity contribution < 1.29 is 19.4 Å². The fourth-order valence-corrected chi connectivity index (χ4v) is 4.36. The summed E-state index contributed by atoms with van der Waals surface area (Å²) in [6.07, 6.45) is 0.178. The number of carboxylic acid groups (broad SMARTS) is 1. The number of likely N-dealkylation sites (tertiary alicyclic amines) is 1. The lowest BCUT2D eigenvalue weighted by Crippen LogP contribution is -2.46. The number of hydrogen-bond acceptors (Lipinski definition) is 3. The van der Waals surface area contributed by atoms with E-state index >= 15 is 0 Å². The maximum Gasteiger partial charge on any atom is 0.409 e. The van der Waals surface area contributed by atoms with Gasteiger partial charge >= 0.3 is 12.1 Å². The number of aliphatic carboxylic acids is 1. The van der Waals surface area contributed by atoms with E-state index in [-0.39, 0.29) is 25.0 Å². The molecule has 1 fully saturated rings. The molecule has 2 atom stereocenters.